The Hall–Kier alpha value is -2.98. The lowest BCUT2D eigenvalue weighted by molar-refractivity contribution is -0.185. The molecule has 4 rings (SSSR count). The topological polar surface area (TPSA) is 64.1 Å². The molecular weight excluding hydrogens is 538 g/mol. The molecule has 4 atom stereocenters. The minimum atomic E-state index is -4.56. The van der Waals surface area contributed by atoms with Crippen LogP contribution in [-0.4, -0.2) is 90.5 Å². The first-order valence-electron chi connectivity index (χ1n) is 14.2. The van der Waals surface area contributed by atoms with E-state index in [1.807, 2.05) is 19.0 Å². The first-order valence-corrected chi connectivity index (χ1v) is 14.2. The molecule has 6 nitrogen and oxygen atoms in total. The SMILES string of the molecule is Cc1c(F)cccc1[C@H]1[C@@H](C(=O)N2CCC[C@@H]2C(F)(F)F)CN(CCCCN(C)C)C[C@H]1C(=O)c1cccc(O)c1. The molecule has 0 saturated carbocycles. The van der Waals surface area contributed by atoms with Crippen LogP contribution in [0.15, 0.2) is 42.5 Å². The van der Waals surface area contributed by atoms with Crippen LogP contribution in [0.3, 0.4) is 0 Å². The molecule has 2 aromatic rings. The summed E-state index contributed by atoms with van der Waals surface area (Å²) in [4.78, 5) is 33.2. The van der Waals surface area contributed by atoms with Gasteiger partial charge in [0.05, 0.1) is 5.92 Å². The number of aromatic hydroxyl groups is 1. The number of hydrogen-bond acceptors (Lipinski definition) is 5. The first-order chi connectivity index (χ1) is 19.4. The van der Waals surface area contributed by atoms with Crippen molar-refractivity contribution >= 4 is 11.7 Å². The van der Waals surface area contributed by atoms with Crippen molar-refractivity contribution in [1.29, 1.82) is 0 Å². The van der Waals surface area contributed by atoms with Gasteiger partial charge in [-0.3, -0.25) is 9.59 Å². The molecule has 1 amide bonds. The van der Waals surface area contributed by atoms with E-state index in [0.717, 1.165) is 24.3 Å². The van der Waals surface area contributed by atoms with Crippen molar-refractivity contribution < 1.29 is 32.3 Å². The fourth-order valence-corrected chi connectivity index (χ4v) is 6.44. The molecule has 2 aromatic carbocycles. The Bertz CT molecular complexity index is 1240. The number of ketones is 1. The van der Waals surface area contributed by atoms with E-state index in [9.17, 15) is 32.3 Å². The zero-order valence-corrected chi connectivity index (χ0v) is 23.8. The zero-order chi connectivity index (χ0) is 29.9. The van der Waals surface area contributed by atoms with E-state index in [1.165, 1.54) is 24.3 Å². The van der Waals surface area contributed by atoms with Gasteiger partial charge in [-0.15, -0.1) is 0 Å². The Balaban J connectivity index is 1.78. The molecule has 0 bridgehead atoms. The molecule has 224 valence electrons. The van der Waals surface area contributed by atoms with Crippen LogP contribution in [-0.2, 0) is 4.79 Å². The van der Waals surface area contributed by atoms with Gasteiger partial charge < -0.3 is 19.8 Å². The van der Waals surface area contributed by atoms with Gasteiger partial charge in [0.2, 0.25) is 5.91 Å². The predicted octanol–water partition coefficient (Wildman–Crippen LogP) is 5.25. The molecule has 0 spiro atoms. The van der Waals surface area contributed by atoms with Crippen molar-refractivity contribution in [2.75, 3.05) is 46.8 Å². The third-order valence-corrected chi connectivity index (χ3v) is 8.47. The summed E-state index contributed by atoms with van der Waals surface area (Å²) in [5, 5.41) is 10.1. The molecule has 10 heteroatoms. The molecule has 0 unspecified atom stereocenters. The highest BCUT2D eigenvalue weighted by atomic mass is 19.4. The van der Waals surface area contributed by atoms with Crippen LogP contribution in [0.2, 0.25) is 0 Å². The maximum atomic E-state index is 14.9. The van der Waals surface area contributed by atoms with Crippen molar-refractivity contribution in [2.45, 2.75) is 50.7 Å². The number of unbranched alkanes of at least 4 members (excludes halogenated alkanes) is 1. The highest BCUT2D eigenvalue weighted by Crippen LogP contribution is 2.44. The van der Waals surface area contributed by atoms with Crippen molar-refractivity contribution in [3.8, 4) is 5.75 Å². The number of likely N-dealkylation sites (tertiary alicyclic amines) is 2. The average molecular weight is 578 g/mol. The van der Waals surface area contributed by atoms with Crippen LogP contribution in [0.4, 0.5) is 17.6 Å². The molecule has 2 heterocycles. The number of nitrogens with zero attached hydrogens (tertiary/aromatic N) is 3. The Kier molecular flexibility index (Phi) is 9.74. The van der Waals surface area contributed by atoms with Gasteiger partial charge in [-0.1, -0.05) is 24.3 Å². The Morgan fingerprint density at radius 3 is 2.44 bits per heavy atom. The Morgan fingerprint density at radius 2 is 1.76 bits per heavy atom. The smallest absolute Gasteiger partial charge is 0.408 e. The molecule has 0 aromatic heterocycles. The van der Waals surface area contributed by atoms with Gasteiger partial charge in [-0.05, 0) is 89.1 Å². The molecule has 0 aliphatic carbocycles. The number of hydrogen-bond donors (Lipinski definition) is 1. The van der Waals surface area contributed by atoms with Gasteiger partial charge >= 0.3 is 6.18 Å². The van der Waals surface area contributed by atoms with Gasteiger partial charge in [0.1, 0.15) is 17.6 Å². The fourth-order valence-electron chi connectivity index (χ4n) is 6.44. The summed E-state index contributed by atoms with van der Waals surface area (Å²) in [5.74, 6) is -4.22. The lowest BCUT2D eigenvalue weighted by atomic mass is 9.69. The third-order valence-electron chi connectivity index (χ3n) is 8.47. The largest absolute Gasteiger partial charge is 0.508 e. The summed E-state index contributed by atoms with van der Waals surface area (Å²) in [6, 6.07) is 8.52. The molecule has 2 fully saturated rings. The van der Waals surface area contributed by atoms with E-state index < -0.39 is 41.7 Å². The summed E-state index contributed by atoms with van der Waals surface area (Å²) in [6.45, 7) is 3.43. The van der Waals surface area contributed by atoms with E-state index in [0.29, 0.717) is 12.1 Å². The quantitative estimate of drug-likeness (QED) is 0.251. The van der Waals surface area contributed by atoms with E-state index in [4.69, 9.17) is 0 Å². The van der Waals surface area contributed by atoms with Crippen LogP contribution in [0.5, 0.6) is 5.75 Å². The van der Waals surface area contributed by atoms with Crippen molar-refractivity contribution in [3.63, 3.8) is 0 Å². The Morgan fingerprint density at radius 1 is 1.05 bits per heavy atom. The van der Waals surface area contributed by atoms with Crippen LogP contribution in [0, 0.1) is 24.6 Å². The number of alkyl halides is 3. The standard InChI is InChI=1S/C31H39F4N3O3/c1-20-23(11-7-12-26(20)32)28-24(29(40)21-9-6-10-22(39)17-21)18-37(15-5-4-14-36(2)3)19-25(28)30(41)38-16-8-13-27(38)31(33,34)35/h6-7,9-12,17,24-25,27-28,39H,4-5,8,13-16,18-19H2,1-3H3/t24-,25+,27-,28-/m1/s1. The number of amides is 1. The summed E-state index contributed by atoms with van der Waals surface area (Å²) in [7, 11) is 3.94. The maximum Gasteiger partial charge on any atom is 0.408 e. The van der Waals surface area contributed by atoms with Gasteiger partial charge in [0.25, 0.3) is 0 Å². The van der Waals surface area contributed by atoms with Gasteiger partial charge in [-0.2, -0.15) is 13.2 Å². The minimum Gasteiger partial charge on any atom is -0.508 e. The predicted molar refractivity (Wildman–Crippen MR) is 148 cm³/mol. The molecule has 41 heavy (non-hydrogen) atoms. The number of carbonyl (C=O) groups is 2. The summed E-state index contributed by atoms with van der Waals surface area (Å²) >= 11 is 0. The van der Waals surface area contributed by atoms with Crippen LogP contribution in [0.25, 0.3) is 0 Å². The second kappa shape index (κ2) is 12.9. The summed E-state index contributed by atoms with van der Waals surface area (Å²) in [5.41, 5.74) is 0.971. The number of piperidine rings is 1. The number of Topliss-reactive ketones (excluding diaryl/α,β-unsaturated/α-hetero) is 1. The number of benzene rings is 2. The molecule has 0 radical (unpaired) electrons. The fraction of sp³-hybridized carbons (Fsp3) is 0.548. The van der Waals surface area contributed by atoms with Gasteiger partial charge in [0.15, 0.2) is 5.78 Å². The van der Waals surface area contributed by atoms with Gasteiger partial charge in [-0.25, -0.2) is 4.39 Å². The molecule has 2 aliphatic rings. The first kappa shape index (κ1) is 31.0. The summed E-state index contributed by atoms with van der Waals surface area (Å²) < 4.78 is 56.7. The summed E-state index contributed by atoms with van der Waals surface area (Å²) in [6.07, 6.45) is -2.82. The zero-order valence-electron chi connectivity index (χ0n) is 23.8. The second-order valence-corrected chi connectivity index (χ2v) is 11.6. The van der Waals surface area contributed by atoms with Crippen molar-refractivity contribution in [2.24, 2.45) is 11.8 Å². The second-order valence-electron chi connectivity index (χ2n) is 11.6. The average Bonchev–Trinajstić information content (AvgIpc) is 3.42. The van der Waals surface area contributed by atoms with E-state index in [2.05, 4.69) is 4.90 Å². The molecule has 2 saturated heterocycles. The van der Waals surface area contributed by atoms with E-state index in [-0.39, 0.29) is 55.1 Å². The van der Waals surface area contributed by atoms with Crippen molar-refractivity contribution in [1.82, 2.24) is 14.7 Å². The van der Waals surface area contributed by atoms with Crippen molar-refractivity contribution in [3.05, 3.63) is 65.0 Å². The number of rotatable bonds is 9. The van der Waals surface area contributed by atoms with Crippen LogP contribution >= 0.6 is 0 Å². The van der Waals surface area contributed by atoms with Crippen LogP contribution < -0.4 is 0 Å². The normalized spacial score (nSPS) is 23.8. The highest BCUT2D eigenvalue weighted by Gasteiger charge is 2.52. The molecule has 1 N–H and O–H groups in total. The monoisotopic (exact) mass is 577 g/mol. The number of phenolic OH excluding ortho intramolecular Hbond substituents is 1. The van der Waals surface area contributed by atoms with Crippen LogP contribution in [0.1, 0.15) is 53.1 Å². The lowest BCUT2D eigenvalue weighted by Crippen LogP contribution is -2.55. The number of halogens is 4. The maximum absolute atomic E-state index is 14.9. The van der Waals surface area contributed by atoms with Gasteiger partial charge in [0, 0.05) is 37.0 Å². The molecular formula is C31H39F4N3O3. The molecule has 2 aliphatic heterocycles. The number of carbonyl (C=O) groups excluding carboxylic acids is 2. The van der Waals surface area contributed by atoms with E-state index >= 15 is 0 Å². The lowest BCUT2D eigenvalue weighted by Gasteiger charge is -2.45. The Labute approximate surface area is 238 Å². The highest BCUT2D eigenvalue weighted by molar-refractivity contribution is 5.99. The minimum absolute atomic E-state index is 0.0115. The van der Waals surface area contributed by atoms with E-state index in [1.54, 1.807) is 25.1 Å². The number of phenols is 1. The third kappa shape index (κ3) is 7.09.